The van der Waals surface area contributed by atoms with Gasteiger partial charge in [0, 0.05) is 48.0 Å². The Labute approximate surface area is 360 Å². The number of benzene rings is 8. The second-order valence-electron chi connectivity index (χ2n) is 15.0. The highest BCUT2D eigenvalue weighted by Gasteiger charge is 2.18. The Balaban J connectivity index is 1.10. The van der Waals surface area contributed by atoms with E-state index in [-0.39, 0.29) is 0 Å². The van der Waals surface area contributed by atoms with Gasteiger partial charge in [0.1, 0.15) is 11.2 Å². The zero-order valence-electron chi connectivity index (χ0n) is 33.5. The molecule has 290 valence electrons. The molecule has 10 aromatic rings. The van der Waals surface area contributed by atoms with Crippen LogP contribution in [0, 0.1) is 0 Å². The summed E-state index contributed by atoms with van der Waals surface area (Å²) in [5.74, 6) is 0. The summed E-state index contributed by atoms with van der Waals surface area (Å²) in [5, 5.41) is 7.11. The van der Waals surface area contributed by atoms with Gasteiger partial charge in [-0.3, -0.25) is 0 Å². The number of thiophene rings is 1. The van der Waals surface area contributed by atoms with Crippen molar-refractivity contribution in [3.05, 3.63) is 248 Å². The van der Waals surface area contributed by atoms with Crippen LogP contribution in [0.4, 0.5) is 11.4 Å². The molecule has 61 heavy (non-hydrogen) atoms. The summed E-state index contributed by atoms with van der Waals surface area (Å²) in [4.78, 5) is 2.32. The van der Waals surface area contributed by atoms with Crippen molar-refractivity contribution in [1.82, 2.24) is 0 Å². The van der Waals surface area contributed by atoms with Gasteiger partial charge >= 0.3 is 0 Å². The molecule has 2 heterocycles. The third-order valence-electron chi connectivity index (χ3n) is 11.2. The van der Waals surface area contributed by atoms with Crippen molar-refractivity contribution in [2.24, 2.45) is 0 Å². The Hall–Kier alpha value is -7.72. The van der Waals surface area contributed by atoms with E-state index < -0.39 is 0 Å². The minimum Gasteiger partial charge on any atom is -0.456 e. The topological polar surface area (TPSA) is 16.4 Å². The van der Waals surface area contributed by atoms with Crippen LogP contribution in [0.15, 0.2) is 236 Å². The van der Waals surface area contributed by atoms with E-state index in [9.17, 15) is 0 Å². The summed E-state index contributed by atoms with van der Waals surface area (Å²) >= 11 is 1.86. The van der Waals surface area contributed by atoms with Crippen molar-refractivity contribution in [2.45, 2.75) is 0 Å². The predicted octanol–water partition coefficient (Wildman–Crippen LogP) is 17.0. The monoisotopic (exact) mass is 799 g/mol. The Morgan fingerprint density at radius 3 is 2.07 bits per heavy atom. The first-order valence-corrected chi connectivity index (χ1v) is 21.3. The molecule has 0 fully saturated rings. The maximum Gasteiger partial charge on any atom is 0.136 e. The van der Waals surface area contributed by atoms with Crippen LogP contribution in [0.25, 0.3) is 81.7 Å². The number of hydrogen-bond donors (Lipinski definition) is 0. The molecular formula is C58H41NOS. The number of allylic oxidation sites excluding steroid dienone is 7. The van der Waals surface area contributed by atoms with E-state index >= 15 is 0 Å². The third kappa shape index (κ3) is 7.33. The number of rotatable bonds is 11. The smallest absolute Gasteiger partial charge is 0.136 e. The Morgan fingerprint density at radius 1 is 0.574 bits per heavy atom. The first-order chi connectivity index (χ1) is 30.1. The summed E-state index contributed by atoms with van der Waals surface area (Å²) < 4.78 is 9.11. The SMILES string of the molecule is C=C/C=C\C(=C\c1cccc2oc3cc4ccccc4cc3c12)N(c1ccc(/C=C/C(=C\C=C)c2ccccc2)cc1)c1ccc(-c2cccc3c2sc2ccccc23)cc1. The molecule has 0 radical (unpaired) electrons. The lowest BCUT2D eigenvalue weighted by Crippen LogP contribution is -2.15. The highest BCUT2D eigenvalue weighted by Crippen LogP contribution is 2.42. The number of nitrogens with zero attached hydrogens (tertiary/aromatic N) is 1. The maximum absolute atomic E-state index is 6.50. The van der Waals surface area contributed by atoms with Crippen LogP contribution in [0.3, 0.4) is 0 Å². The number of furan rings is 1. The summed E-state index contributed by atoms with van der Waals surface area (Å²) in [7, 11) is 0. The van der Waals surface area contributed by atoms with Gasteiger partial charge in [-0.05, 0) is 105 Å². The average molecular weight is 800 g/mol. The summed E-state index contributed by atoms with van der Waals surface area (Å²) in [5.41, 5.74) is 11.6. The second-order valence-corrected chi connectivity index (χ2v) is 16.0. The van der Waals surface area contributed by atoms with Gasteiger partial charge in [0.25, 0.3) is 0 Å². The molecule has 0 unspecified atom stereocenters. The van der Waals surface area contributed by atoms with E-state index in [2.05, 4.69) is 212 Å². The Kier molecular flexibility index (Phi) is 10.2. The summed E-state index contributed by atoms with van der Waals surface area (Å²) in [6.07, 6.45) is 16.4. The van der Waals surface area contributed by atoms with Crippen molar-refractivity contribution in [3.8, 4) is 11.1 Å². The molecular weight excluding hydrogens is 759 g/mol. The van der Waals surface area contributed by atoms with E-state index in [4.69, 9.17) is 4.42 Å². The fraction of sp³-hybridized carbons (Fsp3) is 0. The lowest BCUT2D eigenvalue weighted by Gasteiger charge is -2.27. The minimum absolute atomic E-state index is 0.855. The first kappa shape index (κ1) is 37.5. The second kappa shape index (κ2) is 16.5. The van der Waals surface area contributed by atoms with Gasteiger partial charge in [0.05, 0.1) is 0 Å². The van der Waals surface area contributed by atoms with Crippen molar-refractivity contribution in [1.29, 1.82) is 0 Å². The quantitative estimate of drug-likeness (QED) is 0.121. The average Bonchev–Trinajstić information content (AvgIpc) is 3.88. The van der Waals surface area contributed by atoms with Gasteiger partial charge < -0.3 is 9.32 Å². The van der Waals surface area contributed by atoms with Crippen LogP contribution >= 0.6 is 11.3 Å². The molecule has 8 aromatic carbocycles. The van der Waals surface area contributed by atoms with Gasteiger partial charge in [0.15, 0.2) is 0 Å². The van der Waals surface area contributed by atoms with E-state index in [1.54, 1.807) is 0 Å². The molecule has 0 spiro atoms. The van der Waals surface area contributed by atoms with Gasteiger partial charge in [0.2, 0.25) is 0 Å². The normalized spacial score (nSPS) is 12.5. The molecule has 2 nitrogen and oxygen atoms in total. The molecule has 0 aliphatic rings. The van der Waals surface area contributed by atoms with E-state index in [1.807, 2.05) is 41.7 Å². The lowest BCUT2D eigenvalue weighted by molar-refractivity contribution is 0.669. The fourth-order valence-corrected chi connectivity index (χ4v) is 9.55. The molecule has 0 saturated heterocycles. The molecule has 0 saturated carbocycles. The van der Waals surface area contributed by atoms with Crippen LogP contribution in [0.5, 0.6) is 0 Å². The first-order valence-electron chi connectivity index (χ1n) is 20.5. The Bertz CT molecular complexity index is 3370. The van der Waals surface area contributed by atoms with Gasteiger partial charge in [-0.2, -0.15) is 0 Å². The van der Waals surface area contributed by atoms with Crippen LogP contribution in [-0.2, 0) is 0 Å². The predicted molar refractivity (Wildman–Crippen MR) is 266 cm³/mol. The van der Waals surface area contributed by atoms with Crippen molar-refractivity contribution in [2.75, 3.05) is 4.90 Å². The van der Waals surface area contributed by atoms with Crippen LogP contribution in [0.1, 0.15) is 16.7 Å². The van der Waals surface area contributed by atoms with Gasteiger partial charge in [-0.15, -0.1) is 11.3 Å². The minimum atomic E-state index is 0.855. The molecule has 0 aliphatic carbocycles. The lowest BCUT2D eigenvalue weighted by atomic mass is 10.0. The third-order valence-corrected chi connectivity index (χ3v) is 12.4. The number of fused-ring (bicyclic) bond motifs is 7. The molecule has 0 aliphatic heterocycles. The van der Waals surface area contributed by atoms with Crippen LogP contribution in [0.2, 0.25) is 0 Å². The standard InChI is InChI=1S/C58H41NOS/c1-3-5-21-49(37-46-20-13-25-54-57(46)53-38-44-18-9-10-19-45(44)39-55(53)60-54)59(47-33-28-40(29-34-47)27-30-41(15-4-2)42-16-7-6-8-17-42)48-35-31-43(32-36-48)50-23-14-24-52-51-22-11-12-26-56(51)61-58(50)52/h3-39H,1-2H2/b21-5-,30-27+,41-15+,49-37-. The largest absolute Gasteiger partial charge is 0.456 e. The van der Waals surface area contributed by atoms with E-state index in [0.29, 0.717) is 0 Å². The Morgan fingerprint density at radius 2 is 1.28 bits per heavy atom. The van der Waals surface area contributed by atoms with Gasteiger partial charge in [-0.1, -0.05) is 177 Å². The molecule has 3 heteroatoms. The van der Waals surface area contributed by atoms with Crippen LogP contribution < -0.4 is 4.90 Å². The number of hydrogen-bond acceptors (Lipinski definition) is 3. The molecule has 2 aromatic heterocycles. The zero-order chi connectivity index (χ0) is 41.1. The number of anilines is 2. The van der Waals surface area contributed by atoms with Crippen LogP contribution in [-0.4, -0.2) is 0 Å². The maximum atomic E-state index is 6.50. The molecule has 10 rings (SSSR count). The van der Waals surface area contributed by atoms with Crippen molar-refractivity contribution >= 4 is 93.3 Å². The molecule has 0 atom stereocenters. The van der Waals surface area contributed by atoms with Crippen molar-refractivity contribution in [3.63, 3.8) is 0 Å². The molecule has 0 N–H and O–H groups in total. The highest BCUT2D eigenvalue weighted by atomic mass is 32.1. The van der Waals surface area contributed by atoms with E-state index in [1.165, 1.54) is 36.7 Å². The summed E-state index contributed by atoms with van der Waals surface area (Å²) in [6, 6.07) is 62.6. The highest BCUT2D eigenvalue weighted by molar-refractivity contribution is 7.26. The summed E-state index contributed by atoms with van der Waals surface area (Å²) in [6.45, 7) is 8.01. The fourth-order valence-electron chi connectivity index (χ4n) is 8.31. The molecule has 0 amide bonds. The zero-order valence-corrected chi connectivity index (χ0v) is 34.4. The molecule has 0 bridgehead atoms. The van der Waals surface area contributed by atoms with Gasteiger partial charge in [-0.25, -0.2) is 0 Å². The van der Waals surface area contributed by atoms with Crippen molar-refractivity contribution < 1.29 is 4.42 Å². The van der Waals surface area contributed by atoms with E-state index in [0.717, 1.165) is 66.7 Å².